The second-order valence-corrected chi connectivity index (χ2v) is 18.0. The quantitative estimate of drug-likeness (QED) is 0.140. The molecule has 1 aliphatic rings. The molecule has 12 aromatic rings. The summed E-state index contributed by atoms with van der Waals surface area (Å²) in [6, 6.07) is 102. The SMILES string of the molecule is c1ccc(-c2ccc(N(c3ccccc3)c3ccccc3-c3ccc(-c4ccc5c6ccccc6n(-c6ccc7c(c6)-c6ccccc6C7(c6ccccc6)c6ccccc6)c5c4)cc3)cc2)cc1. The van der Waals surface area contributed by atoms with Gasteiger partial charge >= 0.3 is 0 Å². The van der Waals surface area contributed by atoms with Crippen molar-refractivity contribution in [3.8, 4) is 50.2 Å². The lowest BCUT2D eigenvalue weighted by atomic mass is 9.68. The van der Waals surface area contributed by atoms with E-state index in [1.165, 1.54) is 77.4 Å². The second-order valence-electron chi connectivity index (χ2n) is 18.0. The van der Waals surface area contributed by atoms with Crippen molar-refractivity contribution < 1.29 is 0 Å². The van der Waals surface area contributed by atoms with Gasteiger partial charge < -0.3 is 9.47 Å². The Morgan fingerprint density at radius 1 is 0.290 bits per heavy atom. The molecule has 13 rings (SSSR count). The standard InChI is InChI=1S/C67H46N2/c1-5-19-47(20-6-1)48-37-40-55(41-38-48)68(54-25-11-4-12-26-54)64-31-17-14-27-57(64)50-35-33-49(34-36-50)51-39-43-60-59-29-15-18-32-65(59)69(66(60)45-51)56-42-44-63-61(46-56)58-28-13-16-30-62(58)67(63,52-21-7-2-8-22-52)53-23-9-3-10-24-53/h1-46H. The molecular weight excluding hydrogens is 833 g/mol. The molecule has 0 aliphatic heterocycles. The summed E-state index contributed by atoms with van der Waals surface area (Å²) < 4.78 is 2.47. The number of aromatic nitrogens is 1. The Balaban J connectivity index is 0.906. The highest BCUT2D eigenvalue weighted by atomic mass is 15.1. The van der Waals surface area contributed by atoms with Crippen molar-refractivity contribution in [3.05, 3.63) is 301 Å². The number of rotatable bonds is 9. The highest BCUT2D eigenvalue weighted by Gasteiger charge is 2.46. The van der Waals surface area contributed by atoms with Crippen molar-refractivity contribution >= 4 is 38.9 Å². The highest BCUT2D eigenvalue weighted by molar-refractivity contribution is 6.10. The molecule has 0 N–H and O–H groups in total. The number of para-hydroxylation sites is 3. The number of nitrogens with zero attached hydrogens (tertiary/aromatic N) is 2. The molecule has 1 heterocycles. The molecule has 1 aliphatic carbocycles. The first-order chi connectivity index (χ1) is 34.2. The van der Waals surface area contributed by atoms with Gasteiger partial charge in [-0.25, -0.2) is 0 Å². The van der Waals surface area contributed by atoms with E-state index in [0.717, 1.165) is 33.9 Å². The molecule has 0 spiro atoms. The van der Waals surface area contributed by atoms with Crippen LogP contribution in [-0.4, -0.2) is 4.57 Å². The number of anilines is 3. The Hall–Kier alpha value is -8.98. The summed E-state index contributed by atoms with van der Waals surface area (Å²) in [5, 5.41) is 2.48. The molecule has 0 bridgehead atoms. The topological polar surface area (TPSA) is 8.17 Å². The summed E-state index contributed by atoms with van der Waals surface area (Å²) in [5.74, 6) is 0. The van der Waals surface area contributed by atoms with Crippen LogP contribution in [0.15, 0.2) is 279 Å². The van der Waals surface area contributed by atoms with Crippen LogP contribution in [0.3, 0.4) is 0 Å². The van der Waals surface area contributed by atoms with Crippen molar-refractivity contribution in [2.24, 2.45) is 0 Å². The van der Waals surface area contributed by atoms with Crippen molar-refractivity contribution in [1.29, 1.82) is 0 Å². The third-order valence-corrected chi connectivity index (χ3v) is 14.3. The fourth-order valence-electron chi connectivity index (χ4n) is 11.2. The van der Waals surface area contributed by atoms with Gasteiger partial charge in [0.1, 0.15) is 0 Å². The van der Waals surface area contributed by atoms with E-state index in [9.17, 15) is 0 Å². The van der Waals surface area contributed by atoms with Gasteiger partial charge in [0.2, 0.25) is 0 Å². The molecule has 324 valence electrons. The van der Waals surface area contributed by atoms with Crippen LogP contribution in [0.25, 0.3) is 72.0 Å². The fraction of sp³-hybridized carbons (Fsp3) is 0.0149. The first-order valence-corrected chi connectivity index (χ1v) is 23.8. The molecular formula is C67H46N2. The molecule has 2 nitrogen and oxygen atoms in total. The van der Waals surface area contributed by atoms with Gasteiger partial charge in [0.25, 0.3) is 0 Å². The largest absolute Gasteiger partial charge is 0.310 e. The zero-order chi connectivity index (χ0) is 45.7. The Bertz CT molecular complexity index is 3760. The lowest BCUT2D eigenvalue weighted by molar-refractivity contribution is 0.768. The third kappa shape index (κ3) is 6.64. The first-order valence-electron chi connectivity index (χ1n) is 23.8. The lowest BCUT2D eigenvalue weighted by Gasteiger charge is -2.33. The summed E-state index contributed by atoms with van der Waals surface area (Å²) in [7, 11) is 0. The number of fused-ring (bicyclic) bond motifs is 6. The van der Waals surface area contributed by atoms with E-state index < -0.39 is 5.41 Å². The van der Waals surface area contributed by atoms with Gasteiger partial charge in [-0.3, -0.25) is 0 Å². The Morgan fingerprint density at radius 2 is 0.783 bits per heavy atom. The van der Waals surface area contributed by atoms with E-state index in [0.29, 0.717) is 0 Å². The zero-order valence-corrected chi connectivity index (χ0v) is 38.0. The normalized spacial score (nSPS) is 12.5. The fourth-order valence-corrected chi connectivity index (χ4v) is 11.2. The lowest BCUT2D eigenvalue weighted by Crippen LogP contribution is -2.28. The number of hydrogen-bond acceptors (Lipinski definition) is 1. The predicted molar refractivity (Wildman–Crippen MR) is 289 cm³/mol. The highest BCUT2D eigenvalue weighted by Crippen LogP contribution is 2.56. The van der Waals surface area contributed by atoms with E-state index in [4.69, 9.17) is 0 Å². The van der Waals surface area contributed by atoms with Crippen LogP contribution < -0.4 is 4.90 Å². The van der Waals surface area contributed by atoms with E-state index in [1.54, 1.807) is 0 Å². The van der Waals surface area contributed by atoms with Crippen LogP contribution in [0.2, 0.25) is 0 Å². The average Bonchev–Trinajstić information content (AvgIpc) is 3.92. The average molecular weight is 879 g/mol. The maximum Gasteiger partial charge on any atom is 0.0713 e. The molecule has 0 unspecified atom stereocenters. The summed E-state index contributed by atoms with van der Waals surface area (Å²) in [4.78, 5) is 2.37. The monoisotopic (exact) mass is 878 g/mol. The number of hydrogen-bond donors (Lipinski definition) is 0. The van der Waals surface area contributed by atoms with Crippen molar-refractivity contribution in [3.63, 3.8) is 0 Å². The van der Waals surface area contributed by atoms with Crippen molar-refractivity contribution in [2.75, 3.05) is 4.90 Å². The van der Waals surface area contributed by atoms with Crippen molar-refractivity contribution in [2.45, 2.75) is 5.41 Å². The van der Waals surface area contributed by atoms with Crippen LogP contribution in [0, 0.1) is 0 Å². The smallest absolute Gasteiger partial charge is 0.0713 e. The molecule has 0 saturated heterocycles. The molecule has 1 aromatic heterocycles. The Labute approximate surface area is 403 Å². The zero-order valence-electron chi connectivity index (χ0n) is 38.0. The predicted octanol–water partition coefficient (Wildman–Crippen LogP) is 17.6. The summed E-state index contributed by atoms with van der Waals surface area (Å²) >= 11 is 0. The molecule has 11 aromatic carbocycles. The summed E-state index contributed by atoms with van der Waals surface area (Å²) in [6.07, 6.45) is 0. The van der Waals surface area contributed by atoms with Gasteiger partial charge in [0.15, 0.2) is 0 Å². The van der Waals surface area contributed by atoms with Gasteiger partial charge in [-0.1, -0.05) is 224 Å². The van der Waals surface area contributed by atoms with E-state index >= 15 is 0 Å². The molecule has 2 heteroatoms. The summed E-state index contributed by atoms with van der Waals surface area (Å²) in [5.41, 5.74) is 21.2. The second kappa shape index (κ2) is 16.7. The minimum Gasteiger partial charge on any atom is -0.310 e. The van der Waals surface area contributed by atoms with Gasteiger partial charge in [0.05, 0.1) is 22.1 Å². The third-order valence-electron chi connectivity index (χ3n) is 14.3. The molecule has 69 heavy (non-hydrogen) atoms. The summed E-state index contributed by atoms with van der Waals surface area (Å²) in [6.45, 7) is 0. The number of benzene rings is 11. The van der Waals surface area contributed by atoms with Crippen LogP contribution >= 0.6 is 0 Å². The van der Waals surface area contributed by atoms with E-state index in [1.807, 2.05) is 0 Å². The van der Waals surface area contributed by atoms with Crippen LogP contribution in [0.1, 0.15) is 22.3 Å². The Kier molecular flexibility index (Phi) is 9.77. The maximum atomic E-state index is 2.47. The molecule has 0 radical (unpaired) electrons. The molecule has 0 atom stereocenters. The molecule has 0 fully saturated rings. The van der Waals surface area contributed by atoms with Crippen molar-refractivity contribution in [1.82, 2.24) is 4.57 Å². The minimum absolute atomic E-state index is 0.443. The van der Waals surface area contributed by atoms with Gasteiger partial charge in [0, 0.05) is 33.4 Å². The van der Waals surface area contributed by atoms with Crippen LogP contribution in [0.4, 0.5) is 17.1 Å². The van der Waals surface area contributed by atoms with Gasteiger partial charge in [-0.2, -0.15) is 0 Å². The molecule has 0 amide bonds. The van der Waals surface area contributed by atoms with Crippen LogP contribution in [-0.2, 0) is 5.41 Å². The van der Waals surface area contributed by atoms with Gasteiger partial charge in [-0.05, 0) is 116 Å². The molecule has 0 saturated carbocycles. The van der Waals surface area contributed by atoms with E-state index in [-0.39, 0.29) is 0 Å². The van der Waals surface area contributed by atoms with Gasteiger partial charge in [-0.15, -0.1) is 0 Å². The first kappa shape index (κ1) is 40.3. The van der Waals surface area contributed by atoms with Crippen LogP contribution in [0.5, 0.6) is 0 Å². The Morgan fingerprint density at radius 3 is 1.51 bits per heavy atom. The van der Waals surface area contributed by atoms with E-state index in [2.05, 4.69) is 289 Å². The maximum absolute atomic E-state index is 2.47. The minimum atomic E-state index is -0.443.